The molecule has 0 spiro atoms. The Morgan fingerprint density at radius 3 is 2.74 bits per heavy atom. The van der Waals surface area contributed by atoms with Gasteiger partial charge in [0.05, 0.1) is 18.4 Å². The minimum absolute atomic E-state index is 0.252. The molecule has 0 bridgehead atoms. The van der Waals surface area contributed by atoms with Crippen LogP contribution in [0, 0.1) is 5.92 Å². The molecular formula is C13H19N3O3. The maximum absolute atomic E-state index is 12.1. The number of nitrogens with zero attached hydrogens (tertiary/aromatic N) is 2. The first-order chi connectivity index (χ1) is 9.09. The third-order valence-corrected chi connectivity index (χ3v) is 3.70. The number of carboxylic acids is 1. The number of aryl methyl sites for hydroxylation is 1. The number of amides is 1. The smallest absolute Gasteiger partial charge is 0.308 e. The third kappa shape index (κ3) is 3.13. The molecule has 1 aromatic rings. The number of nitrogens with one attached hydrogen (secondary N) is 1. The van der Waals surface area contributed by atoms with Crippen molar-refractivity contribution in [1.82, 2.24) is 14.9 Å². The molecule has 0 saturated heterocycles. The SMILES string of the molecule is Cn1cncc1C(=O)NC1CCCCCC1C(=O)O. The molecule has 1 amide bonds. The van der Waals surface area contributed by atoms with Gasteiger partial charge in [0.25, 0.3) is 5.91 Å². The summed E-state index contributed by atoms with van der Waals surface area (Å²) in [6.45, 7) is 0. The van der Waals surface area contributed by atoms with E-state index in [1.165, 1.54) is 6.20 Å². The second-order valence-electron chi connectivity index (χ2n) is 5.05. The van der Waals surface area contributed by atoms with Gasteiger partial charge in [0, 0.05) is 13.1 Å². The van der Waals surface area contributed by atoms with E-state index in [0.29, 0.717) is 12.1 Å². The monoisotopic (exact) mass is 265 g/mol. The number of carbonyl (C=O) groups is 2. The van der Waals surface area contributed by atoms with Gasteiger partial charge in [-0.3, -0.25) is 9.59 Å². The molecule has 0 aliphatic heterocycles. The lowest BCUT2D eigenvalue weighted by atomic mass is 9.95. The number of rotatable bonds is 3. The highest BCUT2D eigenvalue weighted by Gasteiger charge is 2.31. The Labute approximate surface area is 111 Å². The van der Waals surface area contributed by atoms with Crippen LogP contribution in [0.3, 0.4) is 0 Å². The Balaban J connectivity index is 2.08. The van der Waals surface area contributed by atoms with E-state index < -0.39 is 11.9 Å². The van der Waals surface area contributed by atoms with E-state index in [-0.39, 0.29) is 11.9 Å². The summed E-state index contributed by atoms with van der Waals surface area (Å²) in [6.07, 6.45) is 7.29. The van der Waals surface area contributed by atoms with Crippen molar-refractivity contribution in [3.05, 3.63) is 18.2 Å². The molecule has 1 fully saturated rings. The molecule has 6 heteroatoms. The lowest BCUT2D eigenvalue weighted by Crippen LogP contribution is -2.43. The molecule has 104 valence electrons. The van der Waals surface area contributed by atoms with Gasteiger partial charge < -0.3 is 15.0 Å². The zero-order valence-corrected chi connectivity index (χ0v) is 11.0. The second kappa shape index (κ2) is 5.86. The number of hydrogen-bond acceptors (Lipinski definition) is 3. The van der Waals surface area contributed by atoms with Crippen LogP contribution < -0.4 is 5.32 Å². The first kappa shape index (κ1) is 13.6. The summed E-state index contributed by atoms with van der Waals surface area (Å²) in [6, 6.07) is -0.289. The number of imidazole rings is 1. The van der Waals surface area contributed by atoms with E-state index in [0.717, 1.165) is 25.7 Å². The standard InChI is InChI=1S/C13H19N3O3/c1-16-8-14-7-11(16)12(17)15-10-6-4-2-3-5-9(10)13(18)19/h7-10H,2-6H2,1H3,(H,15,17)(H,18,19). The minimum atomic E-state index is -0.822. The van der Waals surface area contributed by atoms with Crippen LogP contribution in [0.4, 0.5) is 0 Å². The highest BCUT2D eigenvalue weighted by Crippen LogP contribution is 2.24. The minimum Gasteiger partial charge on any atom is -0.481 e. The van der Waals surface area contributed by atoms with Crippen molar-refractivity contribution in [2.24, 2.45) is 13.0 Å². The van der Waals surface area contributed by atoms with Gasteiger partial charge in [-0.25, -0.2) is 4.98 Å². The number of aliphatic carboxylic acids is 1. The first-order valence-corrected chi connectivity index (χ1v) is 6.59. The van der Waals surface area contributed by atoms with Crippen molar-refractivity contribution in [1.29, 1.82) is 0 Å². The Bertz CT molecular complexity index is 469. The fourth-order valence-corrected chi connectivity index (χ4v) is 2.59. The molecule has 0 aromatic carbocycles. The molecule has 19 heavy (non-hydrogen) atoms. The highest BCUT2D eigenvalue weighted by atomic mass is 16.4. The van der Waals surface area contributed by atoms with E-state index in [1.807, 2.05) is 0 Å². The summed E-state index contributed by atoms with van der Waals surface area (Å²) >= 11 is 0. The molecule has 1 aromatic heterocycles. The highest BCUT2D eigenvalue weighted by molar-refractivity contribution is 5.92. The van der Waals surface area contributed by atoms with Gasteiger partial charge in [-0.15, -0.1) is 0 Å². The molecular weight excluding hydrogens is 246 g/mol. The fourth-order valence-electron chi connectivity index (χ4n) is 2.59. The second-order valence-corrected chi connectivity index (χ2v) is 5.05. The van der Waals surface area contributed by atoms with Gasteiger partial charge >= 0.3 is 5.97 Å². The summed E-state index contributed by atoms with van der Waals surface area (Å²) in [5.74, 6) is -1.56. The van der Waals surface area contributed by atoms with Crippen molar-refractivity contribution < 1.29 is 14.7 Å². The topological polar surface area (TPSA) is 84.2 Å². The summed E-state index contributed by atoms with van der Waals surface area (Å²) in [5.41, 5.74) is 0.452. The van der Waals surface area contributed by atoms with Crippen LogP contribution in [0.25, 0.3) is 0 Å². The molecule has 1 aliphatic carbocycles. The normalized spacial score (nSPS) is 23.6. The average Bonchev–Trinajstić information content (AvgIpc) is 2.65. The summed E-state index contributed by atoms with van der Waals surface area (Å²) in [5, 5.41) is 12.1. The molecule has 1 saturated carbocycles. The van der Waals surface area contributed by atoms with Crippen LogP contribution >= 0.6 is 0 Å². The Morgan fingerprint density at radius 1 is 1.37 bits per heavy atom. The number of aromatic nitrogens is 2. The van der Waals surface area contributed by atoms with Gasteiger partial charge in [-0.05, 0) is 12.8 Å². The van der Waals surface area contributed by atoms with E-state index in [1.54, 1.807) is 17.9 Å². The number of carbonyl (C=O) groups excluding carboxylic acids is 1. The summed E-state index contributed by atoms with van der Waals surface area (Å²) in [4.78, 5) is 27.3. The largest absolute Gasteiger partial charge is 0.481 e. The predicted octanol–water partition coefficient (Wildman–Crippen LogP) is 1.18. The quantitative estimate of drug-likeness (QED) is 0.804. The van der Waals surface area contributed by atoms with E-state index in [9.17, 15) is 14.7 Å². The molecule has 2 atom stereocenters. The lowest BCUT2D eigenvalue weighted by Gasteiger charge is -2.22. The fraction of sp³-hybridized carbons (Fsp3) is 0.615. The van der Waals surface area contributed by atoms with Crippen LogP contribution in [0.5, 0.6) is 0 Å². The molecule has 2 rings (SSSR count). The van der Waals surface area contributed by atoms with Crippen molar-refractivity contribution >= 4 is 11.9 Å². The van der Waals surface area contributed by atoms with E-state index >= 15 is 0 Å². The zero-order valence-electron chi connectivity index (χ0n) is 11.0. The van der Waals surface area contributed by atoms with Crippen molar-refractivity contribution in [3.8, 4) is 0 Å². The van der Waals surface area contributed by atoms with Crippen molar-refractivity contribution in [2.45, 2.75) is 38.1 Å². The van der Waals surface area contributed by atoms with Gasteiger partial charge in [0.1, 0.15) is 5.69 Å². The molecule has 1 heterocycles. The Kier molecular flexibility index (Phi) is 4.19. The van der Waals surface area contributed by atoms with Crippen LogP contribution in [-0.4, -0.2) is 32.6 Å². The van der Waals surface area contributed by atoms with Crippen molar-refractivity contribution in [3.63, 3.8) is 0 Å². The van der Waals surface area contributed by atoms with Crippen molar-refractivity contribution in [2.75, 3.05) is 0 Å². The van der Waals surface area contributed by atoms with Crippen LogP contribution in [0.15, 0.2) is 12.5 Å². The van der Waals surface area contributed by atoms with Gasteiger partial charge in [0.2, 0.25) is 0 Å². The van der Waals surface area contributed by atoms with Gasteiger partial charge in [0.15, 0.2) is 0 Å². The molecule has 1 aliphatic rings. The van der Waals surface area contributed by atoms with Gasteiger partial charge in [-0.1, -0.05) is 19.3 Å². The first-order valence-electron chi connectivity index (χ1n) is 6.59. The molecule has 2 unspecified atom stereocenters. The molecule has 2 N–H and O–H groups in total. The third-order valence-electron chi connectivity index (χ3n) is 3.70. The van der Waals surface area contributed by atoms with Crippen LogP contribution in [0.2, 0.25) is 0 Å². The van der Waals surface area contributed by atoms with Crippen LogP contribution in [0.1, 0.15) is 42.6 Å². The molecule has 0 radical (unpaired) electrons. The zero-order chi connectivity index (χ0) is 13.8. The Morgan fingerprint density at radius 2 is 2.11 bits per heavy atom. The summed E-state index contributed by atoms with van der Waals surface area (Å²) in [7, 11) is 1.74. The predicted molar refractivity (Wildman–Crippen MR) is 68.7 cm³/mol. The average molecular weight is 265 g/mol. The van der Waals surface area contributed by atoms with E-state index in [2.05, 4.69) is 10.3 Å². The Hall–Kier alpha value is -1.85. The maximum atomic E-state index is 12.1. The maximum Gasteiger partial charge on any atom is 0.308 e. The van der Waals surface area contributed by atoms with E-state index in [4.69, 9.17) is 0 Å². The van der Waals surface area contributed by atoms with Crippen LogP contribution in [-0.2, 0) is 11.8 Å². The lowest BCUT2D eigenvalue weighted by molar-refractivity contribution is -0.142. The van der Waals surface area contributed by atoms with Gasteiger partial charge in [-0.2, -0.15) is 0 Å². The summed E-state index contributed by atoms with van der Waals surface area (Å²) < 4.78 is 1.63. The number of hydrogen-bond donors (Lipinski definition) is 2. The molecule has 6 nitrogen and oxygen atoms in total. The number of carboxylic acid groups (broad SMARTS) is 1.